The predicted molar refractivity (Wildman–Crippen MR) is 58.2 cm³/mol. The first-order chi connectivity index (χ1) is 8.45. The molecule has 0 bridgehead atoms. The van der Waals surface area contributed by atoms with Crippen LogP contribution in [-0.2, 0) is 0 Å². The SMILES string of the molecule is [2H]C([2H])([2H])N1CCC(Oc2cncc(Cl)n2)CC1. The standard InChI is InChI=1S/C10H14ClN3O/c1-14-4-2-8(3-5-14)15-10-7-12-6-9(11)13-10/h6-8H,2-5H2,1H3/i1D3. The molecule has 82 valence electrons. The Kier molecular flexibility index (Phi) is 2.36. The van der Waals surface area contributed by atoms with Crippen LogP contribution in [0.1, 0.15) is 17.0 Å². The number of halogens is 1. The summed E-state index contributed by atoms with van der Waals surface area (Å²) in [5, 5.41) is 0.285. The van der Waals surface area contributed by atoms with Gasteiger partial charge in [0, 0.05) is 17.2 Å². The maximum absolute atomic E-state index is 7.32. The Morgan fingerprint density at radius 2 is 2.33 bits per heavy atom. The van der Waals surface area contributed by atoms with Crippen molar-refractivity contribution in [1.29, 1.82) is 0 Å². The van der Waals surface area contributed by atoms with Gasteiger partial charge >= 0.3 is 0 Å². The fraction of sp³-hybridized carbons (Fsp3) is 0.600. The molecule has 2 rings (SSSR count). The molecule has 0 saturated carbocycles. The monoisotopic (exact) mass is 230 g/mol. The molecular weight excluding hydrogens is 214 g/mol. The molecule has 0 aliphatic carbocycles. The first kappa shape index (κ1) is 7.41. The van der Waals surface area contributed by atoms with Crippen molar-refractivity contribution in [1.82, 2.24) is 14.9 Å². The maximum Gasteiger partial charge on any atom is 0.234 e. The molecule has 0 aromatic carbocycles. The van der Waals surface area contributed by atoms with Crippen molar-refractivity contribution < 1.29 is 8.85 Å². The third-order valence-corrected chi connectivity index (χ3v) is 2.49. The smallest absolute Gasteiger partial charge is 0.234 e. The van der Waals surface area contributed by atoms with E-state index in [0.29, 0.717) is 31.8 Å². The van der Waals surface area contributed by atoms with Gasteiger partial charge < -0.3 is 9.64 Å². The summed E-state index contributed by atoms with van der Waals surface area (Å²) < 4.78 is 27.6. The lowest BCUT2D eigenvalue weighted by Gasteiger charge is -2.28. The van der Waals surface area contributed by atoms with Gasteiger partial charge in [-0.25, -0.2) is 0 Å². The molecule has 0 spiro atoms. The second-order valence-electron chi connectivity index (χ2n) is 3.48. The number of piperidine rings is 1. The molecule has 0 atom stereocenters. The van der Waals surface area contributed by atoms with E-state index in [4.69, 9.17) is 20.5 Å². The molecule has 1 fully saturated rings. The van der Waals surface area contributed by atoms with Crippen LogP contribution in [0.25, 0.3) is 0 Å². The van der Waals surface area contributed by atoms with Gasteiger partial charge in [-0.1, -0.05) is 11.6 Å². The summed E-state index contributed by atoms with van der Waals surface area (Å²) >= 11 is 5.71. The quantitative estimate of drug-likeness (QED) is 0.774. The number of ether oxygens (including phenoxy) is 1. The summed E-state index contributed by atoms with van der Waals surface area (Å²) in [6.07, 6.45) is 4.23. The van der Waals surface area contributed by atoms with Crippen LogP contribution in [0.5, 0.6) is 5.88 Å². The summed E-state index contributed by atoms with van der Waals surface area (Å²) in [4.78, 5) is 9.36. The van der Waals surface area contributed by atoms with Gasteiger partial charge in [-0.3, -0.25) is 4.98 Å². The first-order valence-electron chi connectivity index (χ1n) is 6.34. The molecule has 1 aliphatic rings. The second-order valence-corrected chi connectivity index (χ2v) is 3.87. The molecule has 1 saturated heterocycles. The molecule has 5 heteroatoms. The highest BCUT2D eigenvalue weighted by Crippen LogP contribution is 2.16. The molecule has 4 nitrogen and oxygen atoms in total. The van der Waals surface area contributed by atoms with Crippen LogP contribution in [-0.4, -0.2) is 41.0 Å². The molecule has 1 aromatic rings. The highest BCUT2D eigenvalue weighted by molar-refractivity contribution is 6.29. The van der Waals surface area contributed by atoms with Gasteiger partial charge in [-0.15, -0.1) is 0 Å². The van der Waals surface area contributed by atoms with Crippen LogP contribution in [0.2, 0.25) is 5.15 Å². The minimum atomic E-state index is -2.01. The van der Waals surface area contributed by atoms with Crippen LogP contribution in [0.3, 0.4) is 0 Å². The van der Waals surface area contributed by atoms with E-state index < -0.39 is 6.98 Å². The van der Waals surface area contributed by atoms with Crippen molar-refractivity contribution in [2.45, 2.75) is 18.9 Å². The average Bonchev–Trinajstić information content (AvgIpc) is 2.28. The van der Waals surface area contributed by atoms with Crippen LogP contribution < -0.4 is 4.74 Å². The number of likely N-dealkylation sites (tertiary alicyclic amines) is 1. The fourth-order valence-corrected chi connectivity index (χ4v) is 1.67. The summed E-state index contributed by atoms with van der Waals surface area (Å²) in [6, 6.07) is 0. The lowest BCUT2D eigenvalue weighted by molar-refractivity contribution is 0.109. The Balaban J connectivity index is 1.87. The minimum Gasteiger partial charge on any atom is -0.473 e. The highest BCUT2D eigenvalue weighted by Gasteiger charge is 2.18. The van der Waals surface area contributed by atoms with Crippen molar-refractivity contribution >= 4 is 11.6 Å². The Labute approximate surface area is 98.4 Å². The molecule has 1 aliphatic heterocycles. The number of hydrogen-bond donors (Lipinski definition) is 0. The van der Waals surface area contributed by atoms with E-state index in [9.17, 15) is 0 Å². The first-order valence-corrected chi connectivity index (χ1v) is 5.22. The molecule has 0 N–H and O–H groups in total. The van der Waals surface area contributed by atoms with E-state index in [1.807, 2.05) is 0 Å². The zero-order chi connectivity index (χ0) is 13.2. The normalized spacial score (nSPS) is 22.9. The lowest BCUT2D eigenvalue weighted by atomic mass is 10.1. The fourth-order valence-electron chi connectivity index (χ4n) is 1.53. The highest BCUT2D eigenvalue weighted by atomic mass is 35.5. The van der Waals surface area contributed by atoms with Gasteiger partial charge in [0.25, 0.3) is 0 Å². The summed E-state index contributed by atoms with van der Waals surface area (Å²) in [7, 11) is 0. The van der Waals surface area contributed by atoms with E-state index in [1.165, 1.54) is 17.3 Å². The lowest BCUT2D eigenvalue weighted by Crippen LogP contribution is -2.35. The average molecular weight is 231 g/mol. The Hall–Kier alpha value is -0.870. The molecule has 0 radical (unpaired) electrons. The third-order valence-electron chi connectivity index (χ3n) is 2.31. The zero-order valence-electron chi connectivity index (χ0n) is 11.2. The maximum atomic E-state index is 7.32. The minimum absolute atomic E-state index is 0.0311. The predicted octanol–water partition coefficient (Wildman–Crippen LogP) is 1.60. The summed E-state index contributed by atoms with van der Waals surface area (Å²) in [6.45, 7) is -1.02. The van der Waals surface area contributed by atoms with Crippen LogP contribution >= 0.6 is 11.6 Å². The third kappa shape index (κ3) is 3.04. The van der Waals surface area contributed by atoms with Gasteiger partial charge in [-0.05, 0) is 19.8 Å². The Bertz CT molecular complexity index is 408. The van der Waals surface area contributed by atoms with Crippen LogP contribution in [0, 0.1) is 0 Å². The number of aromatic nitrogens is 2. The topological polar surface area (TPSA) is 38.2 Å². The van der Waals surface area contributed by atoms with E-state index in [1.54, 1.807) is 0 Å². The summed E-state index contributed by atoms with van der Waals surface area (Å²) in [5.41, 5.74) is 0. The number of nitrogens with zero attached hydrogens (tertiary/aromatic N) is 3. The van der Waals surface area contributed by atoms with Gasteiger partial charge in [0.15, 0.2) is 5.15 Å². The van der Waals surface area contributed by atoms with E-state index >= 15 is 0 Å². The van der Waals surface area contributed by atoms with E-state index in [-0.39, 0.29) is 11.3 Å². The van der Waals surface area contributed by atoms with Gasteiger partial charge in [0.2, 0.25) is 5.88 Å². The van der Waals surface area contributed by atoms with E-state index in [0.717, 1.165) is 0 Å². The van der Waals surface area contributed by atoms with Gasteiger partial charge in [0.05, 0.1) is 12.4 Å². The van der Waals surface area contributed by atoms with Gasteiger partial charge in [-0.2, -0.15) is 4.98 Å². The molecular formula is C10H14ClN3O. The molecule has 1 aromatic heterocycles. The van der Waals surface area contributed by atoms with Crippen LogP contribution in [0.15, 0.2) is 12.4 Å². The van der Waals surface area contributed by atoms with E-state index in [2.05, 4.69) is 9.97 Å². The molecule has 2 heterocycles. The molecule has 0 unspecified atom stereocenters. The number of rotatable bonds is 2. The number of hydrogen-bond acceptors (Lipinski definition) is 4. The van der Waals surface area contributed by atoms with Gasteiger partial charge in [0.1, 0.15) is 6.10 Å². The van der Waals surface area contributed by atoms with Crippen molar-refractivity contribution in [2.24, 2.45) is 0 Å². The molecule has 15 heavy (non-hydrogen) atoms. The van der Waals surface area contributed by atoms with Crippen molar-refractivity contribution in [3.8, 4) is 5.88 Å². The second kappa shape index (κ2) is 4.77. The van der Waals surface area contributed by atoms with Crippen LogP contribution in [0.4, 0.5) is 0 Å². The Morgan fingerprint density at radius 1 is 1.53 bits per heavy atom. The summed E-state index contributed by atoms with van der Waals surface area (Å²) in [5.74, 6) is 0.384. The zero-order valence-corrected chi connectivity index (χ0v) is 8.94. The molecule has 0 amide bonds. The largest absolute Gasteiger partial charge is 0.473 e. The van der Waals surface area contributed by atoms with Crippen molar-refractivity contribution in [2.75, 3.05) is 20.1 Å². The Morgan fingerprint density at radius 3 is 3.00 bits per heavy atom. The van der Waals surface area contributed by atoms with Crippen molar-refractivity contribution in [3.63, 3.8) is 0 Å². The van der Waals surface area contributed by atoms with Crippen molar-refractivity contribution in [3.05, 3.63) is 17.5 Å².